The molecule has 0 spiro atoms. The van der Waals surface area contributed by atoms with Gasteiger partial charge in [-0.2, -0.15) is 0 Å². The van der Waals surface area contributed by atoms with E-state index in [9.17, 15) is 9.18 Å². The number of para-hydroxylation sites is 1. The lowest BCUT2D eigenvalue weighted by Crippen LogP contribution is -2.16. The van der Waals surface area contributed by atoms with Crippen LogP contribution in [0.3, 0.4) is 0 Å². The van der Waals surface area contributed by atoms with Crippen LogP contribution in [0.15, 0.2) is 48.5 Å². The van der Waals surface area contributed by atoms with Crippen LogP contribution in [0.25, 0.3) is 0 Å². The topological polar surface area (TPSA) is 29.1 Å². The molecular weight excluding hydrogens is 277 g/mol. The molecule has 2 atom stereocenters. The van der Waals surface area contributed by atoms with Crippen LogP contribution in [-0.2, 0) is 4.79 Å². The Balaban J connectivity index is 1.71. The van der Waals surface area contributed by atoms with Gasteiger partial charge < -0.3 is 5.32 Å². The summed E-state index contributed by atoms with van der Waals surface area (Å²) < 4.78 is 13.8. The molecule has 2 aromatic carbocycles. The third-order valence-electron chi connectivity index (χ3n) is 4.27. The molecule has 2 aromatic rings. The lowest BCUT2D eigenvalue weighted by Gasteiger charge is -2.13. The van der Waals surface area contributed by atoms with E-state index in [4.69, 9.17) is 0 Å². The molecule has 1 amide bonds. The van der Waals surface area contributed by atoms with E-state index in [0.29, 0.717) is 11.5 Å². The van der Waals surface area contributed by atoms with Gasteiger partial charge in [-0.3, -0.25) is 4.79 Å². The summed E-state index contributed by atoms with van der Waals surface area (Å²) in [5.74, 6) is -0.00525. The van der Waals surface area contributed by atoms with Gasteiger partial charge in [0.15, 0.2) is 0 Å². The number of rotatable bonds is 4. The van der Waals surface area contributed by atoms with E-state index in [1.807, 2.05) is 30.3 Å². The third-order valence-corrected chi connectivity index (χ3v) is 4.27. The minimum absolute atomic E-state index is 0.00686. The first-order chi connectivity index (χ1) is 10.6. The van der Waals surface area contributed by atoms with Crippen LogP contribution in [-0.4, -0.2) is 5.91 Å². The van der Waals surface area contributed by atoms with Crippen LogP contribution in [0.1, 0.15) is 43.2 Å². The molecule has 0 heterocycles. The SMILES string of the molecule is CC(C)c1ccccc1NC(=O)C1CC1c1ccccc1F. The highest BCUT2D eigenvalue weighted by molar-refractivity contribution is 5.96. The van der Waals surface area contributed by atoms with Crippen molar-refractivity contribution < 1.29 is 9.18 Å². The van der Waals surface area contributed by atoms with Crippen LogP contribution in [0.2, 0.25) is 0 Å². The van der Waals surface area contributed by atoms with Crippen LogP contribution in [0, 0.1) is 11.7 Å². The predicted molar refractivity (Wildman–Crippen MR) is 86.4 cm³/mol. The van der Waals surface area contributed by atoms with E-state index in [1.165, 1.54) is 6.07 Å². The maximum atomic E-state index is 13.8. The van der Waals surface area contributed by atoms with Crippen LogP contribution >= 0.6 is 0 Å². The van der Waals surface area contributed by atoms with Gasteiger partial charge in [-0.15, -0.1) is 0 Å². The summed E-state index contributed by atoms with van der Waals surface area (Å²) in [5.41, 5.74) is 2.64. The van der Waals surface area contributed by atoms with Crippen molar-refractivity contribution in [2.24, 2.45) is 5.92 Å². The van der Waals surface area contributed by atoms with Crippen LogP contribution in [0.4, 0.5) is 10.1 Å². The fourth-order valence-electron chi connectivity index (χ4n) is 2.94. The number of carbonyl (C=O) groups is 1. The highest BCUT2D eigenvalue weighted by Crippen LogP contribution is 2.48. The summed E-state index contributed by atoms with van der Waals surface area (Å²) in [6, 6.07) is 14.6. The number of amides is 1. The van der Waals surface area contributed by atoms with E-state index in [-0.39, 0.29) is 23.6 Å². The number of carbonyl (C=O) groups excluding carboxylic acids is 1. The molecule has 0 radical (unpaired) electrons. The van der Waals surface area contributed by atoms with Gasteiger partial charge in [-0.1, -0.05) is 50.2 Å². The molecule has 1 N–H and O–H groups in total. The van der Waals surface area contributed by atoms with Gasteiger partial charge in [-0.05, 0) is 41.5 Å². The van der Waals surface area contributed by atoms with E-state index in [0.717, 1.165) is 17.7 Å². The molecule has 0 saturated heterocycles. The van der Waals surface area contributed by atoms with Gasteiger partial charge >= 0.3 is 0 Å². The molecule has 0 aliphatic heterocycles. The van der Waals surface area contributed by atoms with Crippen LogP contribution < -0.4 is 5.32 Å². The second-order valence-corrected chi connectivity index (χ2v) is 6.20. The Morgan fingerprint density at radius 3 is 2.55 bits per heavy atom. The number of nitrogens with one attached hydrogen (secondary N) is 1. The van der Waals surface area contributed by atoms with E-state index >= 15 is 0 Å². The van der Waals surface area contributed by atoms with Crippen molar-refractivity contribution in [2.75, 3.05) is 5.32 Å². The Morgan fingerprint density at radius 2 is 1.82 bits per heavy atom. The molecule has 22 heavy (non-hydrogen) atoms. The Hall–Kier alpha value is -2.16. The molecule has 1 saturated carbocycles. The molecule has 1 aliphatic carbocycles. The van der Waals surface area contributed by atoms with Crippen molar-refractivity contribution in [1.29, 1.82) is 0 Å². The highest BCUT2D eigenvalue weighted by Gasteiger charge is 2.45. The van der Waals surface area contributed by atoms with E-state index in [2.05, 4.69) is 19.2 Å². The molecular formula is C19H20FNO. The zero-order valence-electron chi connectivity index (χ0n) is 12.8. The number of halogens is 1. The summed E-state index contributed by atoms with van der Waals surface area (Å²) in [7, 11) is 0. The van der Waals surface area contributed by atoms with Crippen molar-refractivity contribution in [3.63, 3.8) is 0 Å². The van der Waals surface area contributed by atoms with Gasteiger partial charge in [0.2, 0.25) is 5.91 Å². The number of benzene rings is 2. The minimum Gasteiger partial charge on any atom is -0.326 e. The molecule has 1 aliphatic rings. The van der Waals surface area contributed by atoms with Crippen molar-refractivity contribution >= 4 is 11.6 Å². The second kappa shape index (κ2) is 5.91. The Bertz CT molecular complexity index is 695. The highest BCUT2D eigenvalue weighted by atomic mass is 19.1. The average Bonchev–Trinajstić information content (AvgIpc) is 3.28. The van der Waals surface area contributed by atoms with E-state index in [1.54, 1.807) is 12.1 Å². The molecule has 114 valence electrons. The fraction of sp³-hybridized carbons (Fsp3) is 0.316. The van der Waals surface area contributed by atoms with E-state index < -0.39 is 0 Å². The lowest BCUT2D eigenvalue weighted by atomic mass is 10.0. The summed E-state index contributed by atoms with van der Waals surface area (Å²) in [4.78, 5) is 12.4. The number of hydrogen-bond donors (Lipinski definition) is 1. The lowest BCUT2D eigenvalue weighted by molar-refractivity contribution is -0.117. The predicted octanol–water partition coefficient (Wildman–Crippen LogP) is 4.69. The first kappa shape index (κ1) is 14.8. The molecule has 0 bridgehead atoms. The zero-order chi connectivity index (χ0) is 15.7. The molecule has 1 fully saturated rings. The van der Waals surface area contributed by atoms with Gasteiger partial charge in [0, 0.05) is 11.6 Å². The van der Waals surface area contributed by atoms with Gasteiger partial charge in [-0.25, -0.2) is 4.39 Å². The zero-order valence-corrected chi connectivity index (χ0v) is 12.8. The second-order valence-electron chi connectivity index (χ2n) is 6.20. The first-order valence-corrected chi connectivity index (χ1v) is 7.72. The summed E-state index contributed by atoms with van der Waals surface area (Å²) in [5, 5.41) is 3.01. The van der Waals surface area contributed by atoms with Crippen molar-refractivity contribution in [1.82, 2.24) is 0 Å². The van der Waals surface area contributed by atoms with Crippen molar-refractivity contribution in [2.45, 2.75) is 32.1 Å². The third kappa shape index (κ3) is 2.89. The number of anilines is 1. The normalized spacial score (nSPS) is 20.0. The number of hydrogen-bond acceptors (Lipinski definition) is 1. The summed E-state index contributed by atoms with van der Waals surface area (Å²) in [6.45, 7) is 4.20. The smallest absolute Gasteiger partial charge is 0.228 e. The summed E-state index contributed by atoms with van der Waals surface area (Å²) in [6.07, 6.45) is 0.719. The maximum absolute atomic E-state index is 13.8. The minimum atomic E-state index is -0.217. The molecule has 3 heteroatoms. The maximum Gasteiger partial charge on any atom is 0.228 e. The van der Waals surface area contributed by atoms with Crippen molar-refractivity contribution in [3.05, 3.63) is 65.5 Å². The Labute approximate surface area is 130 Å². The Kier molecular flexibility index (Phi) is 3.97. The first-order valence-electron chi connectivity index (χ1n) is 7.72. The molecule has 2 unspecified atom stereocenters. The fourth-order valence-corrected chi connectivity index (χ4v) is 2.94. The molecule has 0 aromatic heterocycles. The molecule has 2 nitrogen and oxygen atoms in total. The Morgan fingerprint density at radius 1 is 1.14 bits per heavy atom. The van der Waals surface area contributed by atoms with Gasteiger partial charge in [0.05, 0.1) is 0 Å². The van der Waals surface area contributed by atoms with Crippen molar-refractivity contribution in [3.8, 4) is 0 Å². The monoisotopic (exact) mass is 297 g/mol. The molecule has 3 rings (SSSR count). The standard InChI is InChI=1S/C19H20FNO/c1-12(2)13-7-4-6-10-18(13)21-19(22)16-11-15(16)14-8-3-5-9-17(14)20/h3-10,12,15-16H,11H2,1-2H3,(H,21,22). The summed E-state index contributed by atoms with van der Waals surface area (Å²) >= 11 is 0. The van der Waals surface area contributed by atoms with Gasteiger partial charge in [0.1, 0.15) is 5.82 Å². The largest absolute Gasteiger partial charge is 0.326 e. The average molecular weight is 297 g/mol. The van der Waals surface area contributed by atoms with Crippen LogP contribution in [0.5, 0.6) is 0 Å². The quantitative estimate of drug-likeness (QED) is 0.871. The van der Waals surface area contributed by atoms with Gasteiger partial charge in [0.25, 0.3) is 0 Å².